The van der Waals surface area contributed by atoms with Crippen LogP contribution < -0.4 is 0 Å². The predicted molar refractivity (Wildman–Crippen MR) is 67.1 cm³/mol. The highest BCUT2D eigenvalue weighted by atomic mass is 127. The molecule has 2 unspecified atom stereocenters. The van der Waals surface area contributed by atoms with Gasteiger partial charge in [0.15, 0.2) is 4.11 Å². The van der Waals surface area contributed by atoms with E-state index in [0.29, 0.717) is 5.92 Å². The molecular formula is C11H19IO3. The molecule has 0 saturated heterocycles. The van der Waals surface area contributed by atoms with Gasteiger partial charge in [-0.1, -0.05) is 19.3 Å². The Balaban J connectivity index is 2.27. The fourth-order valence-corrected chi connectivity index (χ4v) is 2.22. The van der Waals surface area contributed by atoms with Crippen LogP contribution in [0.5, 0.6) is 0 Å². The minimum atomic E-state index is -0.532. The monoisotopic (exact) mass is 326 g/mol. The van der Waals surface area contributed by atoms with E-state index in [1.54, 1.807) is 0 Å². The van der Waals surface area contributed by atoms with Crippen molar-refractivity contribution in [3.63, 3.8) is 0 Å². The maximum absolute atomic E-state index is 11.3. The third-order valence-corrected chi connectivity index (χ3v) is 3.11. The summed E-state index contributed by atoms with van der Waals surface area (Å²) in [5.74, 6) is 0.524. The molecule has 1 saturated carbocycles. The molecule has 15 heavy (non-hydrogen) atoms. The Morgan fingerprint density at radius 2 is 1.80 bits per heavy atom. The highest BCUT2D eigenvalue weighted by Gasteiger charge is 2.23. The Hall–Kier alpha value is 0. The maximum atomic E-state index is 11.3. The van der Waals surface area contributed by atoms with Gasteiger partial charge in [-0.2, -0.15) is 0 Å². The summed E-state index contributed by atoms with van der Waals surface area (Å²) in [4.78, 5) is 11.3. The number of carbonyl (C=O) groups excluding carboxylic acids is 1. The highest BCUT2D eigenvalue weighted by Crippen LogP contribution is 2.28. The van der Waals surface area contributed by atoms with E-state index in [-0.39, 0.29) is 10.2 Å². The summed E-state index contributed by atoms with van der Waals surface area (Å²) in [5.41, 5.74) is 0. The molecule has 1 aliphatic carbocycles. The normalized spacial score (nSPS) is 21.8. The Morgan fingerprint density at radius 3 is 2.33 bits per heavy atom. The molecule has 0 aromatic heterocycles. The van der Waals surface area contributed by atoms with E-state index in [2.05, 4.69) is 0 Å². The Kier molecular flexibility index (Phi) is 5.71. The molecule has 1 rings (SSSR count). The van der Waals surface area contributed by atoms with E-state index in [4.69, 9.17) is 9.47 Å². The molecule has 1 aliphatic rings. The molecule has 0 amide bonds. The topological polar surface area (TPSA) is 35.5 Å². The molecule has 3 nitrogen and oxygen atoms in total. The molecular weight excluding hydrogens is 307 g/mol. The molecule has 0 aromatic rings. The van der Waals surface area contributed by atoms with Crippen molar-refractivity contribution in [2.45, 2.75) is 56.2 Å². The van der Waals surface area contributed by atoms with Crippen molar-refractivity contribution in [2.75, 3.05) is 0 Å². The molecule has 0 heterocycles. The molecule has 1 fully saturated rings. The smallest absolute Gasteiger partial charge is 0.431 e. The van der Waals surface area contributed by atoms with Gasteiger partial charge in [0.1, 0.15) is 6.10 Å². The lowest BCUT2D eigenvalue weighted by Gasteiger charge is -2.27. The van der Waals surface area contributed by atoms with Crippen LogP contribution >= 0.6 is 22.6 Å². The minimum Gasteiger partial charge on any atom is -0.431 e. The predicted octanol–water partition coefficient (Wildman–Crippen LogP) is 3.89. The quantitative estimate of drug-likeness (QED) is 0.448. The summed E-state index contributed by atoms with van der Waals surface area (Å²) in [6.45, 7) is 3.78. The van der Waals surface area contributed by atoms with E-state index in [1.165, 1.54) is 32.1 Å². The average Bonchev–Trinajstić information content (AvgIpc) is 2.17. The van der Waals surface area contributed by atoms with Gasteiger partial charge in [0, 0.05) is 0 Å². The molecule has 2 atom stereocenters. The van der Waals surface area contributed by atoms with E-state index < -0.39 is 6.16 Å². The first-order chi connectivity index (χ1) is 7.09. The van der Waals surface area contributed by atoms with Crippen LogP contribution in [-0.2, 0) is 9.47 Å². The molecule has 0 bridgehead atoms. The van der Waals surface area contributed by atoms with E-state index in [0.717, 1.165) is 0 Å². The number of alkyl halides is 1. The van der Waals surface area contributed by atoms with Crippen LogP contribution in [-0.4, -0.2) is 16.4 Å². The van der Waals surface area contributed by atoms with Gasteiger partial charge in [0.05, 0.1) is 0 Å². The van der Waals surface area contributed by atoms with E-state index in [9.17, 15) is 4.79 Å². The number of ether oxygens (including phenoxy) is 2. The lowest BCUT2D eigenvalue weighted by molar-refractivity contribution is 0.00234. The average molecular weight is 326 g/mol. The lowest BCUT2D eigenvalue weighted by Crippen LogP contribution is -2.26. The zero-order chi connectivity index (χ0) is 11.3. The van der Waals surface area contributed by atoms with Crippen molar-refractivity contribution in [3.05, 3.63) is 0 Å². The van der Waals surface area contributed by atoms with Crippen molar-refractivity contribution in [1.29, 1.82) is 0 Å². The van der Waals surface area contributed by atoms with Crippen LogP contribution in [0.2, 0.25) is 0 Å². The van der Waals surface area contributed by atoms with Crippen molar-refractivity contribution in [1.82, 2.24) is 0 Å². The minimum absolute atomic E-state index is 0.00653. The Labute approximate surface area is 105 Å². The SMILES string of the molecule is CC(I)OC(=O)OC(C)C1CCCCC1. The Bertz CT molecular complexity index is 200. The summed E-state index contributed by atoms with van der Waals surface area (Å²) >= 11 is 2.04. The fraction of sp³-hybridized carbons (Fsp3) is 0.909. The van der Waals surface area contributed by atoms with Crippen molar-refractivity contribution >= 4 is 28.7 Å². The van der Waals surface area contributed by atoms with Gasteiger partial charge in [0.2, 0.25) is 0 Å². The van der Waals surface area contributed by atoms with Crippen molar-refractivity contribution in [3.8, 4) is 0 Å². The first kappa shape index (κ1) is 13.1. The van der Waals surface area contributed by atoms with Crippen LogP contribution in [0.25, 0.3) is 0 Å². The largest absolute Gasteiger partial charge is 0.509 e. The van der Waals surface area contributed by atoms with Crippen molar-refractivity contribution in [2.24, 2.45) is 5.92 Å². The van der Waals surface area contributed by atoms with Crippen LogP contribution in [0.3, 0.4) is 0 Å². The van der Waals surface area contributed by atoms with Gasteiger partial charge >= 0.3 is 6.16 Å². The highest BCUT2D eigenvalue weighted by molar-refractivity contribution is 14.1. The maximum Gasteiger partial charge on any atom is 0.509 e. The van der Waals surface area contributed by atoms with Gasteiger partial charge < -0.3 is 9.47 Å². The first-order valence-electron chi connectivity index (χ1n) is 5.61. The summed E-state index contributed by atoms with van der Waals surface area (Å²) in [6.07, 6.45) is 5.65. The van der Waals surface area contributed by atoms with Gasteiger partial charge in [-0.15, -0.1) is 0 Å². The summed E-state index contributed by atoms with van der Waals surface area (Å²) in [7, 11) is 0. The molecule has 88 valence electrons. The van der Waals surface area contributed by atoms with Gasteiger partial charge in [-0.3, -0.25) is 0 Å². The van der Waals surface area contributed by atoms with Crippen molar-refractivity contribution < 1.29 is 14.3 Å². The van der Waals surface area contributed by atoms with Crippen LogP contribution in [0, 0.1) is 5.92 Å². The van der Waals surface area contributed by atoms with Crippen LogP contribution in [0.15, 0.2) is 0 Å². The third kappa shape index (κ3) is 5.04. The molecule has 0 N–H and O–H groups in total. The number of rotatable bonds is 3. The fourth-order valence-electron chi connectivity index (χ4n) is 2.01. The number of halogens is 1. The van der Waals surface area contributed by atoms with E-state index >= 15 is 0 Å². The zero-order valence-corrected chi connectivity index (χ0v) is 11.5. The summed E-state index contributed by atoms with van der Waals surface area (Å²) < 4.78 is 10.0. The van der Waals surface area contributed by atoms with E-state index in [1.807, 2.05) is 36.4 Å². The second-order valence-electron chi connectivity index (χ2n) is 4.13. The molecule has 0 aliphatic heterocycles. The molecule has 0 radical (unpaired) electrons. The molecule has 4 heteroatoms. The number of hydrogen-bond donors (Lipinski definition) is 0. The third-order valence-electron chi connectivity index (χ3n) is 2.85. The lowest BCUT2D eigenvalue weighted by atomic mass is 9.86. The number of carbonyl (C=O) groups is 1. The second-order valence-corrected chi connectivity index (χ2v) is 5.89. The van der Waals surface area contributed by atoms with Gasteiger partial charge in [-0.05, 0) is 55.2 Å². The van der Waals surface area contributed by atoms with Gasteiger partial charge in [0.25, 0.3) is 0 Å². The second kappa shape index (κ2) is 6.55. The van der Waals surface area contributed by atoms with Crippen LogP contribution in [0.1, 0.15) is 46.0 Å². The summed E-state index contributed by atoms with van der Waals surface area (Å²) in [5, 5.41) is 0. The molecule has 0 aromatic carbocycles. The summed E-state index contributed by atoms with van der Waals surface area (Å²) in [6, 6.07) is 0. The first-order valence-corrected chi connectivity index (χ1v) is 6.85. The Morgan fingerprint density at radius 1 is 1.20 bits per heavy atom. The van der Waals surface area contributed by atoms with Crippen LogP contribution in [0.4, 0.5) is 4.79 Å². The zero-order valence-electron chi connectivity index (χ0n) is 9.37. The van der Waals surface area contributed by atoms with Gasteiger partial charge in [-0.25, -0.2) is 4.79 Å². The standard InChI is InChI=1S/C11H19IO3/c1-8(10-6-4-3-5-7-10)14-11(13)15-9(2)12/h8-10H,3-7H2,1-2H3. The molecule has 0 spiro atoms. The number of hydrogen-bond acceptors (Lipinski definition) is 3.